The lowest BCUT2D eigenvalue weighted by Crippen LogP contribution is -2.32. The van der Waals surface area contributed by atoms with Gasteiger partial charge in [0, 0.05) is 5.92 Å². The molecule has 2 heteroatoms. The summed E-state index contributed by atoms with van der Waals surface area (Å²) in [5.41, 5.74) is 0. The lowest BCUT2D eigenvalue weighted by atomic mass is 10.00. The lowest BCUT2D eigenvalue weighted by Gasteiger charge is -2.28. The fraction of sp³-hybridized carbons (Fsp3) is 1.00. The molecule has 0 spiro atoms. The number of hydrogen-bond acceptors (Lipinski definition) is 2. The zero-order valence-electron chi connectivity index (χ0n) is 7.51. The highest BCUT2D eigenvalue weighted by Crippen LogP contribution is 2.18. The Hall–Kier alpha value is -0.0800. The maximum absolute atomic E-state index is 5.47. The quantitative estimate of drug-likeness (QED) is 0.626. The van der Waals surface area contributed by atoms with E-state index in [0.717, 1.165) is 6.61 Å². The Bertz CT molecular complexity index is 104. The van der Waals surface area contributed by atoms with E-state index in [4.69, 9.17) is 9.47 Å². The molecule has 0 aliphatic carbocycles. The van der Waals surface area contributed by atoms with E-state index in [1.807, 2.05) is 0 Å². The molecule has 0 amide bonds. The first-order chi connectivity index (χ1) is 5.34. The van der Waals surface area contributed by atoms with E-state index in [2.05, 4.69) is 13.8 Å². The van der Waals surface area contributed by atoms with Crippen LogP contribution in [0.25, 0.3) is 0 Å². The molecule has 2 unspecified atom stereocenters. The second-order valence-electron chi connectivity index (χ2n) is 3.31. The van der Waals surface area contributed by atoms with Crippen molar-refractivity contribution in [3.63, 3.8) is 0 Å². The highest BCUT2D eigenvalue weighted by Gasteiger charge is 2.21. The second kappa shape index (κ2) is 4.73. The van der Waals surface area contributed by atoms with Gasteiger partial charge in [-0.25, -0.2) is 0 Å². The maximum Gasteiger partial charge on any atom is 0.147 e. The molecule has 1 aliphatic heterocycles. The van der Waals surface area contributed by atoms with Crippen LogP contribution in [-0.2, 0) is 9.47 Å². The predicted octanol–water partition coefficient (Wildman–Crippen LogP) is 2.19. The Balaban J connectivity index is 2.18. The molecular weight excluding hydrogens is 140 g/mol. The predicted molar refractivity (Wildman–Crippen MR) is 44.4 cm³/mol. The van der Waals surface area contributed by atoms with Gasteiger partial charge in [-0.05, 0) is 6.42 Å². The van der Waals surface area contributed by atoms with Crippen LogP contribution in [0.1, 0.15) is 33.1 Å². The van der Waals surface area contributed by atoms with Gasteiger partial charge >= 0.3 is 0 Å². The van der Waals surface area contributed by atoms with Crippen LogP contribution in [-0.4, -0.2) is 19.5 Å². The fourth-order valence-corrected chi connectivity index (χ4v) is 1.41. The van der Waals surface area contributed by atoms with Gasteiger partial charge in [0.15, 0.2) is 0 Å². The third-order valence-electron chi connectivity index (χ3n) is 2.22. The van der Waals surface area contributed by atoms with E-state index in [1.54, 1.807) is 0 Å². The molecule has 0 aromatic carbocycles. The average Bonchev–Trinajstić information content (AvgIpc) is 2.03. The summed E-state index contributed by atoms with van der Waals surface area (Å²) >= 11 is 0. The minimum absolute atomic E-state index is 0.448. The minimum atomic E-state index is 0.448. The molecule has 1 rings (SSSR count). The Labute approximate surface area is 68.9 Å². The monoisotopic (exact) mass is 158 g/mol. The molecular formula is C9H18O2. The van der Waals surface area contributed by atoms with Crippen LogP contribution >= 0.6 is 0 Å². The van der Waals surface area contributed by atoms with Crippen molar-refractivity contribution in [3.05, 3.63) is 0 Å². The molecule has 0 bridgehead atoms. The summed E-state index contributed by atoms with van der Waals surface area (Å²) in [6, 6.07) is 0. The highest BCUT2D eigenvalue weighted by molar-refractivity contribution is 4.67. The molecule has 1 aliphatic rings. The SMILES string of the molecule is CCCCC1OCOCC1C. The maximum atomic E-state index is 5.47. The molecule has 0 radical (unpaired) electrons. The van der Waals surface area contributed by atoms with Crippen molar-refractivity contribution in [1.82, 2.24) is 0 Å². The first-order valence-corrected chi connectivity index (χ1v) is 4.54. The van der Waals surface area contributed by atoms with E-state index < -0.39 is 0 Å². The average molecular weight is 158 g/mol. The van der Waals surface area contributed by atoms with Gasteiger partial charge in [0.1, 0.15) is 6.79 Å². The van der Waals surface area contributed by atoms with E-state index in [9.17, 15) is 0 Å². The van der Waals surface area contributed by atoms with Gasteiger partial charge in [-0.2, -0.15) is 0 Å². The van der Waals surface area contributed by atoms with Crippen molar-refractivity contribution < 1.29 is 9.47 Å². The molecule has 0 saturated carbocycles. The van der Waals surface area contributed by atoms with Crippen LogP contribution in [0, 0.1) is 5.92 Å². The number of ether oxygens (including phenoxy) is 2. The van der Waals surface area contributed by atoms with Gasteiger partial charge in [0.25, 0.3) is 0 Å². The number of rotatable bonds is 3. The summed E-state index contributed by atoms with van der Waals surface area (Å²) in [5, 5.41) is 0. The van der Waals surface area contributed by atoms with E-state index in [1.165, 1.54) is 19.3 Å². The van der Waals surface area contributed by atoms with Gasteiger partial charge in [-0.3, -0.25) is 0 Å². The van der Waals surface area contributed by atoms with Crippen molar-refractivity contribution >= 4 is 0 Å². The second-order valence-corrected chi connectivity index (χ2v) is 3.31. The Morgan fingerprint density at radius 2 is 2.27 bits per heavy atom. The molecule has 66 valence electrons. The molecule has 2 nitrogen and oxygen atoms in total. The third-order valence-corrected chi connectivity index (χ3v) is 2.22. The topological polar surface area (TPSA) is 18.5 Å². The summed E-state index contributed by atoms with van der Waals surface area (Å²) in [4.78, 5) is 0. The Kier molecular flexibility index (Phi) is 3.87. The van der Waals surface area contributed by atoms with Crippen LogP contribution in [0.2, 0.25) is 0 Å². The van der Waals surface area contributed by atoms with Crippen LogP contribution in [0.3, 0.4) is 0 Å². The van der Waals surface area contributed by atoms with E-state index >= 15 is 0 Å². The van der Waals surface area contributed by atoms with Gasteiger partial charge in [0.05, 0.1) is 12.7 Å². The molecule has 1 heterocycles. The van der Waals surface area contributed by atoms with Crippen molar-refractivity contribution in [2.45, 2.75) is 39.2 Å². The van der Waals surface area contributed by atoms with Gasteiger partial charge in [-0.1, -0.05) is 26.7 Å². The van der Waals surface area contributed by atoms with Crippen LogP contribution in [0.15, 0.2) is 0 Å². The van der Waals surface area contributed by atoms with Crippen LogP contribution in [0.5, 0.6) is 0 Å². The largest absolute Gasteiger partial charge is 0.355 e. The van der Waals surface area contributed by atoms with E-state index in [0.29, 0.717) is 18.8 Å². The van der Waals surface area contributed by atoms with Crippen molar-refractivity contribution in [1.29, 1.82) is 0 Å². The molecule has 1 saturated heterocycles. The Morgan fingerprint density at radius 1 is 1.45 bits per heavy atom. The normalized spacial score (nSPS) is 32.2. The summed E-state index contributed by atoms with van der Waals surface area (Å²) in [7, 11) is 0. The van der Waals surface area contributed by atoms with Gasteiger partial charge in [0.2, 0.25) is 0 Å². The molecule has 0 aromatic heterocycles. The zero-order chi connectivity index (χ0) is 8.10. The molecule has 1 fully saturated rings. The highest BCUT2D eigenvalue weighted by atomic mass is 16.7. The molecule has 0 aromatic rings. The summed E-state index contributed by atoms with van der Waals surface area (Å²) < 4.78 is 10.6. The van der Waals surface area contributed by atoms with E-state index in [-0.39, 0.29) is 0 Å². The third kappa shape index (κ3) is 2.80. The van der Waals surface area contributed by atoms with Gasteiger partial charge < -0.3 is 9.47 Å². The van der Waals surface area contributed by atoms with Crippen molar-refractivity contribution in [2.75, 3.05) is 13.4 Å². The summed E-state index contributed by atoms with van der Waals surface area (Å²) in [6.45, 7) is 5.77. The number of unbranched alkanes of at least 4 members (excludes halogenated alkanes) is 1. The minimum Gasteiger partial charge on any atom is -0.355 e. The number of hydrogen-bond donors (Lipinski definition) is 0. The molecule has 11 heavy (non-hydrogen) atoms. The standard InChI is InChI=1S/C9H18O2/c1-3-4-5-9-8(2)6-10-7-11-9/h8-9H,3-7H2,1-2H3. The summed E-state index contributed by atoms with van der Waals surface area (Å²) in [6.07, 6.45) is 4.17. The van der Waals surface area contributed by atoms with Crippen molar-refractivity contribution in [2.24, 2.45) is 5.92 Å². The zero-order valence-corrected chi connectivity index (χ0v) is 7.51. The van der Waals surface area contributed by atoms with Crippen LogP contribution < -0.4 is 0 Å². The first kappa shape index (κ1) is 9.01. The Morgan fingerprint density at radius 3 is 2.91 bits per heavy atom. The van der Waals surface area contributed by atoms with Gasteiger partial charge in [-0.15, -0.1) is 0 Å². The van der Waals surface area contributed by atoms with Crippen LogP contribution in [0.4, 0.5) is 0 Å². The molecule has 2 atom stereocenters. The first-order valence-electron chi connectivity index (χ1n) is 4.54. The fourth-order valence-electron chi connectivity index (χ4n) is 1.41. The summed E-state index contributed by atoms with van der Waals surface area (Å²) in [5.74, 6) is 0.579. The lowest BCUT2D eigenvalue weighted by molar-refractivity contribution is -0.167. The smallest absolute Gasteiger partial charge is 0.147 e. The van der Waals surface area contributed by atoms with Crippen molar-refractivity contribution in [3.8, 4) is 0 Å². The molecule has 0 N–H and O–H groups in total.